The van der Waals surface area contributed by atoms with Gasteiger partial charge >= 0.3 is 0 Å². The minimum absolute atomic E-state index is 0.0265. The van der Waals surface area contributed by atoms with Crippen molar-refractivity contribution in [3.8, 4) is 5.88 Å². The zero-order valence-electron chi connectivity index (χ0n) is 19.4. The molecule has 1 amide bonds. The molecule has 3 fully saturated rings. The number of likely N-dealkylation sites (tertiary alicyclic amines) is 1. The van der Waals surface area contributed by atoms with Gasteiger partial charge in [0.2, 0.25) is 17.7 Å². The molecule has 0 aromatic carbocycles. The zero-order chi connectivity index (χ0) is 23.2. The average molecular weight is 462 g/mol. The molecule has 2 bridgehead atoms. The van der Waals surface area contributed by atoms with Gasteiger partial charge in [0.1, 0.15) is 5.69 Å². The van der Waals surface area contributed by atoms with E-state index in [9.17, 15) is 9.90 Å². The molecule has 3 atom stereocenters. The third-order valence-electron chi connectivity index (χ3n) is 7.93. The molecule has 4 aliphatic rings. The standard InChI is InChI=1S/C25H31N7O2/c1-32-6-4-15(5-7-32)23(33)28-18-11-19-17(12-26-22(19)27-13-18)10-21-24(34)31-25(30-21)29-20-9-14-2-3-16(20)8-14/h10-16,20,34H,2-9H2,1H3,(H,28,33)(H2,29,30,31). The first-order valence-electron chi connectivity index (χ1n) is 12.3. The summed E-state index contributed by atoms with van der Waals surface area (Å²) >= 11 is 0. The van der Waals surface area contributed by atoms with Gasteiger partial charge in [0.05, 0.1) is 11.9 Å². The third kappa shape index (κ3) is 4.09. The number of allylic oxidation sites excluding steroid dienone is 1. The van der Waals surface area contributed by atoms with Crippen LogP contribution in [0.3, 0.4) is 0 Å². The summed E-state index contributed by atoms with van der Waals surface area (Å²) in [5.41, 5.74) is 2.81. The summed E-state index contributed by atoms with van der Waals surface area (Å²) in [5.74, 6) is 2.78. The number of fused-ring (bicyclic) bond motifs is 3. The van der Waals surface area contributed by atoms with Gasteiger partial charge in [-0.3, -0.25) is 4.79 Å². The number of aliphatic imine (C=N–C) groups is 1. The molecule has 0 radical (unpaired) electrons. The Morgan fingerprint density at radius 3 is 2.85 bits per heavy atom. The van der Waals surface area contributed by atoms with Crippen molar-refractivity contribution in [2.45, 2.75) is 44.6 Å². The summed E-state index contributed by atoms with van der Waals surface area (Å²) in [7, 11) is 2.08. The van der Waals surface area contributed by atoms with Crippen LogP contribution < -0.4 is 10.6 Å². The number of aromatic nitrogens is 3. The number of nitrogens with one attached hydrogen (secondary N) is 3. The molecule has 178 valence electrons. The number of rotatable bonds is 5. The lowest BCUT2D eigenvalue weighted by Gasteiger charge is -2.28. The van der Waals surface area contributed by atoms with Crippen molar-refractivity contribution in [3.05, 3.63) is 23.5 Å². The molecule has 0 spiro atoms. The monoisotopic (exact) mass is 461 g/mol. The number of carbonyl (C=O) groups excluding carboxylic acids is 1. The normalized spacial score (nSPS) is 27.4. The Morgan fingerprint density at radius 2 is 2.09 bits per heavy atom. The Balaban J connectivity index is 1.17. The maximum absolute atomic E-state index is 12.7. The van der Waals surface area contributed by atoms with Crippen LogP contribution in [0.15, 0.2) is 17.3 Å². The molecule has 4 heterocycles. The number of piperidine rings is 1. The van der Waals surface area contributed by atoms with Crippen LogP contribution in [0, 0.1) is 17.8 Å². The van der Waals surface area contributed by atoms with Crippen LogP contribution in [0.25, 0.3) is 11.6 Å². The van der Waals surface area contributed by atoms with Crippen molar-refractivity contribution in [2.75, 3.05) is 30.8 Å². The Bertz CT molecular complexity index is 1160. The highest BCUT2D eigenvalue weighted by molar-refractivity contribution is 6.21. The average Bonchev–Trinajstić information content (AvgIpc) is 3.60. The lowest BCUT2D eigenvalue weighted by Crippen LogP contribution is -2.35. The quantitative estimate of drug-likeness (QED) is 0.540. The van der Waals surface area contributed by atoms with Gasteiger partial charge in [0.25, 0.3) is 0 Å². The van der Waals surface area contributed by atoms with E-state index in [1.165, 1.54) is 25.7 Å². The number of carbonyl (C=O) groups is 1. The third-order valence-corrected chi connectivity index (χ3v) is 7.93. The molecular formula is C25H31N7O2. The Morgan fingerprint density at radius 1 is 1.24 bits per heavy atom. The summed E-state index contributed by atoms with van der Waals surface area (Å²) in [5, 5.41) is 17.0. The van der Waals surface area contributed by atoms with Crippen LogP contribution in [0.1, 0.15) is 49.8 Å². The summed E-state index contributed by atoms with van der Waals surface area (Å²) in [6, 6.07) is 2.33. The van der Waals surface area contributed by atoms with Crippen molar-refractivity contribution in [3.63, 3.8) is 0 Å². The van der Waals surface area contributed by atoms with E-state index >= 15 is 0 Å². The lowest BCUT2D eigenvalue weighted by molar-refractivity contribution is -0.121. The molecule has 1 saturated heterocycles. The van der Waals surface area contributed by atoms with Gasteiger partial charge in [0, 0.05) is 29.3 Å². The highest BCUT2D eigenvalue weighted by Gasteiger charge is 2.39. The first-order chi connectivity index (χ1) is 16.5. The predicted molar refractivity (Wildman–Crippen MR) is 132 cm³/mol. The fourth-order valence-corrected chi connectivity index (χ4v) is 5.97. The van der Waals surface area contributed by atoms with E-state index in [4.69, 9.17) is 0 Å². The molecule has 2 aromatic rings. The number of aromatic amines is 1. The predicted octanol–water partition coefficient (Wildman–Crippen LogP) is 3.65. The molecule has 34 heavy (non-hydrogen) atoms. The van der Waals surface area contributed by atoms with E-state index in [1.54, 1.807) is 12.4 Å². The lowest BCUT2D eigenvalue weighted by atomic mass is 9.95. The van der Waals surface area contributed by atoms with Gasteiger partial charge in [-0.2, -0.15) is 4.98 Å². The first-order valence-corrected chi connectivity index (χ1v) is 12.3. The van der Waals surface area contributed by atoms with Crippen LogP contribution in [0.5, 0.6) is 5.88 Å². The molecule has 2 aliphatic heterocycles. The van der Waals surface area contributed by atoms with Gasteiger partial charge in [0.15, 0.2) is 5.82 Å². The van der Waals surface area contributed by atoms with E-state index < -0.39 is 0 Å². The van der Waals surface area contributed by atoms with Crippen molar-refractivity contribution >= 4 is 41.2 Å². The molecule has 2 aliphatic carbocycles. The number of H-pyrrole nitrogens is 1. The molecule has 6 rings (SSSR count). The Hall–Kier alpha value is -3.20. The zero-order valence-corrected chi connectivity index (χ0v) is 19.4. The highest BCUT2D eigenvalue weighted by atomic mass is 16.3. The van der Waals surface area contributed by atoms with Gasteiger partial charge in [-0.15, -0.1) is 0 Å². The molecule has 4 N–H and O–H groups in total. The number of imidazole rings is 1. The fourth-order valence-electron chi connectivity index (χ4n) is 5.97. The summed E-state index contributed by atoms with van der Waals surface area (Å²) in [4.78, 5) is 31.3. The van der Waals surface area contributed by atoms with E-state index in [2.05, 4.69) is 42.5 Å². The van der Waals surface area contributed by atoms with Crippen LogP contribution in [-0.2, 0) is 4.79 Å². The van der Waals surface area contributed by atoms with E-state index in [1.807, 2.05) is 12.1 Å². The number of anilines is 2. The van der Waals surface area contributed by atoms with Gasteiger partial charge in [-0.1, -0.05) is 6.42 Å². The van der Waals surface area contributed by atoms with E-state index in [0.717, 1.165) is 43.0 Å². The van der Waals surface area contributed by atoms with Crippen molar-refractivity contribution in [2.24, 2.45) is 22.7 Å². The maximum atomic E-state index is 12.7. The summed E-state index contributed by atoms with van der Waals surface area (Å²) < 4.78 is 0. The van der Waals surface area contributed by atoms with Crippen molar-refractivity contribution in [1.29, 1.82) is 0 Å². The van der Waals surface area contributed by atoms with Crippen molar-refractivity contribution < 1.29 is 9.90 Å². The maximum Gasteiger partial charge on any atom is 0.238 e. The van der Waals surface area contributed by atoms with Gasteiger partial charge in [-0.05, 0) is 76.2 Å². The summed E-state index contributed by atoms with van der Waals surface area (Å²) in [6.07, 6.45) is 12.0. The molecule has 9 heteroatoms. The number of aromatic hydroxyl groups is 1. The van der Waals surface area contributed by atoms with Crippen LogP contribution in [0.4, 0.5) is 17.5 Å². The van der Waals surface area contributed by atoms with Crippen LogP contribution in [0.2, 0.25) is 0 Å². The smallest absolute Gasteiger partial charge is 0.238 e. The van der Waals surface area contributed by atoms with Crippen molar-refractivity contribution in [1.82, 2.24) is 19.9 Å². The molecule has 2 aromatic heterocycles. The number of pyridine rings is 1. The second-order valence-electron chi connectivity index (χ2n) is 10.3. The molecule has 9 nitrogen and oxygen atoms in total. The Labute approximate surface area is 198 Å². The number of hydrogen-bond donors (Lipinski definition) is 4. The Kier molecular flexibility index (Phi) is 5.36. The van der Waals surface area contributed by atoms with E-state index in [0.29, 0.717) is 35.1 Å². The van der Waals surface area contributed by atoms with E-state index in [-0.39, 0.29) is 17.7 Å². The second-order valence-corrected chi connectivity index (χ2v) is 10.3. The number of hydrogen-bond acceptors (Lipinski definition) is 7. The fraction of sp³-hybridized carbons (Fsp3) is 0.520. The molecule has 3 unspecified atom stereocenters. The summed E-state index contributed by atoms with van der Waals surface area (Å²) in [6.45, 7) is 1.88. The number of nitrogens with zero attached hydrogens (tertiary/aromatic N) is 4. The van der Waals surface area contributed by atoms with Gasteiger partial charge < -0.3 is 25.6 Å². The second kappa shape index (κ2) is 8.54. The minimum Gasteiger partial charge on any atom is -0.492 e. The van der Waals surface area contributed by atoms with Crippen LogP contribution in [-0.4, -0.2) is 63.3 Å². The number of amides is 1. The molecular weight excluding hydrogens is 430 g/mol. The van der Waals surface area contributed by atoms with Crippen LogP contribution >= 0.6 is 0 Å². The van der Waals surface area contributed by atoms with Gasteiger partial charge in [-0.25, -0.2) is 9.98 Å². The SMILES string of the molecule is CN1CCC(C(=O)Nc2cnc3c(c2)C(=Cc2[nH]c(NC4CC5CCC4C5)nc2O)C=N3)CC1. The topological polar surface area (TPSA) is 119 Å². The molecule has 2 saturated carbocycles. The largest absolute Gasteiger partial charge is 0.492 e. The highest BCUT2D eigenvalue weighted by Crippen LogP contribution is 2.45. The minimum atomic E-state index is -0.0420. The first kappa shape index (κ1) is 21.3.